The summed E-state index contributed by atoms with van der Waals surface area (Å²) in [5.41, 5.74) is 2.62. The Morgan fingerprint density at radius 2 is 1.94 bits per heavy atom. The molecule has 1 fully saturated rings. The van der Waals surface area contributed by atoms with Gasteiger partial charge in [-0.15, -0.1) is 34.2 Å². The van der Waals surface area contributed by atoms with Crippen LogP contribution in [0.25, 0.3) is 0 Å². The predicted molar refractivity (Wildman–Crippen MR) is 142 cm³/mol. The molecule has 3 heterocycles. The second kappa shape index (κ2) is 12.4. The number of benzene rings is 1. The third-order valence-corrected chi connectivity index (χ3v) is 6.44. The number of halogens is 1. The SMILES string of the molecule is CN=C(NCCCc1nnc2n1CCCCC2)NC1CCCN(c2ccc(C)cc2)C1.I. The Morgan fingerprint density at radius 1 is 1.09 bits per heavy atom. The van der Waals surface area contributed by atoms with Gasteiger partial charge in [0.2, 0.25) is 0 Å². The summed E-state index contributed by atoms with van der Waals surface area (Å²) >= 11 is 0. The zero-order chi connectivity index (χ0) is 21.5. The minimum absolute atomic E-state index is 0. The van der Waals surface area contributed by atoms with E-state index in [-0.39, 0.29) is 24.0 Å². The lowest BCUT2D eigenvalue weighted by Crippen LogP contribution is -2.51. The molecule has 0 amide bonds. The number of piperidine rings is 1. The van der Waals surface area contributed by atoms with Gasteiger partial charge in [-0.1, -0.05) is 24.1 Å². The number of rotatable bonds is 6. The van der Waals surface area contributed by atoms with E-state index in [1.165, 1.54) is 49.2 Å². The molecule has 8 heteroatoms. The minimum Gasteiger partial charge on any atom is -0.369 e. The molecule has 1 aromatic carbocycles. The first-order chi connectivity index (χ1) is 15.2. The predicted octanol–water partition coefficient (Wildman–Crippen LogP) is 3.70. The number of hydrogen-bond acceptors (Lipinski definition) is 4. The zero-order valence-corrected chi connectivity index (χ0v) is 21.8. The van der Waals surface area contributed by atoms with Gasteiger partial charge in [0.05, 0.1) is 0 Å². The van der Waals surface area contributed by atoms with Crippen molar-refractivity contribution in [1.82, 2.24) is 25.4 Å². The molecule has 0 bridgehead atoms. The highest BCUT2D eigenvalue weighted by Crippen LogP contribution is 2.20. The number of aliphatic imine (C=N–C) groups is 1. The Hall–Kier alpha value is -1.84. The summed E-state index contributed by atoms with van der Waals surface area (Å²) in [5.74, 6) is 3.21. The smallest absolute Gasteiger partial charge is 0.191 e. The van der Waals surface area contributed by atoms with Gasteiger partial charge in [-0.2, -0.15) is 0 Å². The van der Waals surface area contributed by atoms with Crippen LogP contribution < -0.4 is 15.5 Å². The maximum Gasteiger partial charge on any atom is 0.191 e. The van der Waals surface area contributed by atoms with Crippen molar-refractivity contribution in [2.24, 2.45) is 4.99 Å². The molecule has 176 valence electrons. The maximum atomic E-state index is 4.45. The Labute approximate surface area is 209 Å². The number of guanidine groups is 1. The highest BCUT2D eigenvalue weighted by molar-refractivity contribution is 14.0. The van der Waals surface area contributed by atoms with Crippen LogP contribution >= 0.6 is 24.0 Å². The van der Waals surface area contributed by atoms with Gasteiger partial charge >= 0.3 is 0 Å². The summed E-state index contributed by atoms with van der Waals surface area (Å²) < 4.78 is 2.35. The summed E-state index contributed by atoms with van der Waals surface area (Å²) in [6.07, 6.45) is 9.21. The van der Waals surface area contributed by atoms with Gasteiger partial charge in [0, 0.05) is 57.8 Å². The number of aromatic nitrogens is 3. The molecule has 1 unspecified atom stereocenters. The Balaban J connectivity index is 0.00000289. The van der Waals surface area contributed by atoms with Gasteiger partial charge in [-0.3, -0.25) is 4.99 Å². The second-order valence-corrected chi connectivity index (χ2v) is 8.86. The molecule has 1 aromatic heterocycles. The highest BCUT2D eigenvalue weighted by Gasteiger charge is 2.21. The molecule has 1 saturated heterocycles. The molecule has 2 aliphatic rings. The van der Waals surface area contributed by atoms with Gasteiger partial charge in [0.15, 0.2) is 5.96 Å². The van der Waals surface area contributed by atoms with Crippen LogP contribution in [-0.2, 0) is 19.4 Å². The third kappa shape index (κ3) is 6.59. The summed E-state index contributed by atoms with van der Waals surface area (Å²) in [4.78, 5) is 6.93. The number of nitrogens with zero attached hydrogens (tertiary/aromatic N) is 5. The van der Waals surface area contributed by atoms with E-state index < -0.39 is 0 Å². The Kier molecular flexibility index (Phi) is 9.62. The van der Waals surface area contributed by atoms with Crippen molar-refractivity contribution in [3.63, 3.8) is 0 Å². The highest BCUT2D eigenvalue weighted by atomic mass is 127. The fourth-order valence-corrected chi connectivity index (χ4v) is 4.66. The molecule has 2 aromatic rings. The van der Waals surface area contributed by atoms with E-state index in [1.54, 1.807) is 0 Å². The molecule has 0 spiro atoms. The van der Waals surface area contributed by atoms with Gasteiger partial charge in [0.25, 0.3) is 0 Å². The lowest BCUT2D eigenvalue weighted by Gasteiger charge is -2.35. The summed E-state index contributed by atoms with van der Waals surface area (Å²) in [6.45, 7) is 6.23. The van der Waals surface area contributed by atoms with Gasteiger partial charge in [-0.05, 0) is 51.2 Å². The van der Waals surface area contributed by atoms with E-state index in [2.05, 4.69) is 66.5 Å². The van der Waals surface area contributed by atoms with Crippen LogP contribution in [0.2, 0.25) is 0 Å². The van der Waals surface area contributed by atoms with Crippen LogP contribution in [0.3, 0.4) is 0 Å². The summed E-state index contributed by atoms with van der Waals surface area (Å²) in [6, 6.07) is 9.27. The van der Waals surface area contributed by atoms with Gasteiger partial charge in [-0.25, -0.2) is 0 Å². The van der Waals surface area contributed by atoms with Crippen molar-refractivity contribution in [2.45, 2.75) is 70.9 Å². The van der Waals surface area contributed by atoms with Crippen LogP contribution in [-0.4, -0.2) is 53.4 Å². The first-order valence-electron chi connectivity index (χ1n) is 11.9. The largest absolute Gasteiger partial charge is 0.369 e. The van der Waals surface area contributed by atoms with Gasteiger partial charge < -0.3 is 20.1 Å². The molecule has 0 aliphatic carbocycles. The lowest BCUT2D eigenvalue weighted by atomic mass is 10.0. The van der Waals surface area contributed by atoms with Crippen molar-refractivity contribution in [3.8, 4) is 0 Å². The molecule has 0 radical (unpaired) electrons. The molecule has 32 heavy (non-hydrogen) atoms. The van der Waals surface area contributed by atoms with E-state index >= 15 is 0 Å². The Bertz CT molecular complexity index is 862. The molecule has 7 nitrogen and oxygen atoms in total. The molecule has 4 rings (SSSR count). The van der Waals surface area contributed by atoms with Crippen LogP contribution in [0.1, 0.15) is 55.7 Å². The van der Waals surface area contributed by atoms with E-state index in [4.69, 9.17) is 0 Å². The molecule has 2 N–H and O–H groups in total. The van der Waals surface area contributed by atoms with E-state index in [1.807, 2.05) is 7.05 Å². The molecule has 2 aliphatic heterocycles. The zero-order valence-electron chi connectivity index (χ0n) is 19.5. The van der Waals surface area contributed by atoms with Crippen molar-refractivity contribution < 1.29 is 0 Å². The normalized spacial score (nSPS) is 19.0. The van der Waals surface area contributed by atoms with Crippen molar-refractivity contribution in [3.05, 3.63) is 41.5 Å². The van der Waals surface area contributed by atoms with Crippen molar-refractivity contribution in [1.29, 1.82) is 0 Å². The average Bonchev–Trinajstić information content (AvgIpc) is 3.02. The fourth-order valence-electron chi connectivity index (χ4n) is 4.66. The number of hydrogen-bond donors (Lipinski definition) is 2. The molecular formula is C24H38IN7. The first-order valence-corrected chi connectivity index (χ1v) is 11.9. The quantitative estimate of drug-likeness (QED) is 0.248. The van der Waals surface area contributed by atoms with E-state index in [0.29, 0.717) is 6.04 Å². The standard InChI is InChI=1S/C24H37N7.HI/c1-19-11-13-21(14-12-19)30-16-7-8-20(18-30)27-24(25-2)26-15-6-10-23-29-28-22-9-4-3-5-17-31(22)23;/h11-14,20H,3-10,15-18H2,1-2H3,(H2,25,26,27);1H. The van der Waals surface area contributed by atoms with E-state index in [9.17, 15) is 0 Å². The summed E-state index contributed by atoms with van der Waals surface area (Å²) in [7, 11) is 1.86. The van der Waals surface area contributed by atoms with Crippen LogP contribution in [0.15, 0.2) is 29.3 Å². The third-order valence-electron chi connectivity index (χ3n) is 6.44. The molecule has 0 saturated carbocycles. The van der Waals surface area contributed by atoms with Crippen LogP contribution in [0, 0.1) is 6.92 Å². The number of fused-ring (bicyclic) bond motifs is 1. The molecular weight excluding hydrogens is 513 g/mol. The average molecular weight is 552 g/mol. The number of nitrogens with one attached hydrogen (secondary N) is 2. The first kappa shape index (κ1) is 24.8. The monoisotopic (exact) mass is 551 g/mol. The molecule has 1 atom stereocenters. The van der Waals surface area contributed by atoms with Gasteiger partial charge in [0.1, 0.15) is 11.6 Å². The van der Waals surface area contributed by atoms with E-state index in [0.717, 1.165) is 57.2 Å². The topological polar surface area (TPSA) is 70.4 Å². The lowest BCUT2D eigenvalue weighted by molar-refractivity contribution is 0.467. The van der Waals surface area contributed by atoms with Crippen molar-refractivity contribution in [2.75, 3.05) is 31.6 Å². The Morgan fingerprint density at radius 3 is 2.75 bits per heavy atom. The number of aryl methyl sites for hydroxylation is 3. The number of anilines is 1. The van der Waals surface area contributed by atoms with Crippen LogP contribution in [0.5, 0.6) is 0 Å². The van der Waals surface area contributed by atoms with Crippen molar-refractivity contribution >= 4 is 35.6 Å². The second-order valence-electron chi connectivity index (χ2n) is 8.86. The minimum atomic E-state index is 0. The summed E-state index contributed by atoms with van der Waals surface area (Å²) in [5, 5.41) is 16.0. The maximum absolute atomic E-state index is 4.45. The fraction of sp³-hybridized carbons (Fsp3) is 0.625. The van der Waals surface area contributed by atoms with Crippen LogP contribution in [0.4, 0.5) is 5.69 Å².